The largest absolute Gasteiger partial charge is 0.438 e. The number of rotatable bonds is 6. The molecule has 0 radical (unpaired) electrons. The molecule has 4 rings (SSSR count). The summed E-state index contributed by atoms with van der Waals surface area (Å²) >= 11 is 0. The molecule has 0 bridgehead atoms. The predicted molar refractivity (Wildman–Crippen MR) is 125 cm³/mol. The number of pyridine rings is 1. The van der Waals surface area contributed by atoms with E-state index < -0.39 is 34.8 Å². The minimum Gasteiger partial charge on any atom is -0.438 e. The fourth-order valence-electron chi connectivity index (χ4n) is 3.75. The number of allylic oxidation sites excluding steroid dienone is 1. The zero-order chi connectivity index (χ0) is 26.0. The number of aromatic nitrogens is 3. The van der Waals surface area contributed by atoms with E-state index in [1.54, 1.807) is 26.0 Å². The molecule has 0 aliphatic heterocycles. The van der Waals surface area contributed by atoms with E-state index in [2.05, 4.69) is 9.97 Å². The second kappa shape index (κ2) is 9.88. The van der Waals surface area contributed by atoms with Gasteiger partial charge in [0.15, 0.2) is 0 Å². The third kappa shape index (κ3) is 5.12. The van der Waals surface area contributed by atoms with E-state index in [0.717, 1.165) is 12.1 Å². The van der Waals surface area contributed by atoms with Crippen LogP contribution in [0.25, 0.3) is 17.0 Å². The highest BCUT2D eigenvalue weighted by molar-refractivity contribution is 5.80. The number of benzene rings is 2. The monoisotopic (exact) mass is 501 g/mol. The fourth-order valence-corrected chi connectivity index (χ4v) is 3.75. The van der Waals surface area contributed by atoms with E-state index in [4.69, 9.17) is 4.74 Å². The van der Waals surface area contributed by atoms with Crippen molar-refractivity contribution in [3.63, 3.8) is 0 Å². The van der Waals surface area contributed by atoms with E-state index in [1.807, 2.05) is 0 Å². The van der Waals surface area contributed by atoms with Gasteiger partial charge in [0.2, 0.25) is 5.88 Å². The van der Waals surface area contributed by atoms with Gasteiger partial charge in [0.1, 0.15) is 22.9 Å². The predicted octanol–water partition coefficient (Wildman–Crippen LogP) is 6.52. The Morgan fingerprint density at radius 2 is 1.86 bits per heavy atom. The van der Waals surface area contributed by atoms with Gasteiger partial charge in [0.05, 0.1) is 23.8 Å². The molecule has 36 heavy (non-hydrogen) atoms. The third-order valence-electron chi connectivity index (χ3n) is 5.53. The summed E-state index contributed by atoms with van der Waals surface area (Å²) in [6.45, 7) is 3.34. The lowest BCUT2D eigenvalue weighted by Crippen LogP contribution is -2.14. The van der Waals surface area contributed by atoms with E-state index in [-0.39, 0.29) is 23.2 Å². The molecular weight excluding hydrogens is 481 g/mol. The van der Waals surface area contributed by atoms with Crippen LogP contribution in [0.15, 0.2) is 59.8 Å². The third-order valence-corrected chi connectivity index (χ3v) is 5.53. The first-order valence-corrected chi connectivity index (χ1v) is 10.9. The molecule has 0 saturated carbocycles. The van der Waals surface area contributed by atoms with E-state index in [9.17, 15) is 26.7 Å². The van der Waals surface area contributed by atoms with Crippen LogP contribution >= 0.6 is 0 Å². The van der Waals surface area contributed by atoms with Gasteiger partial charge in [-0.2, -0.15) is 18.2 Å². The summed E-state index contributed by atoms with van der Waals surface area (Å²) in [6, 6.07) is 7.01. The lowest BCUT2D eigenvalue weighted by atomic mass is 10.1. The SMILES string of the molecule is C/C=C/c1cc(F)cc(F)c1Cn1cnc(=O)c2cc(Oc3ncc(CC)cc3C(F)(F)F)ccc21. The molecule has 0 fully saturated rings. The van der Waals surface area contributed by atoms with E-state index >= 15 is 0 Å². The van der Waals surface area contributed by atoms with Crippen LogP contribution in [0.4, 0.5) is 22.0 Å². The highest BCUT2D eigenvalue weighted by Crippen LogP contribution is 2.37. The number of fused-ring (bicyclic) bond motifs is 1. The van der Waals surface area contributed by atoms with Crippen molar-refractivity contribution < 1.29 is 26.7 Å². The summed E-state index contributed by atoms with van der Waals surface area (Å²) in [5.41, 5.74) is -0.452. The van der Waals surface area contributed by atoms with Crippen molar-refractivity contribution in [3.05, 3.63) is 99.2 Å². The minimum atomic E-state index is -4.69. The topological polar surface area (TPSA) is 57.0 Å². The molecule has 0 aliphatic rings. The molecule has 2 aromatic heterocycles. The van der Waals surface area contributed by atoms with Crippen molar-refractivity contribution in [1.82, 2.24) is 14.5 Å². The number of ether oxygens (including phenoxy) is 1. The first-order chi connectivity index (χ1) is 17.1. The van der Waals surface area contributed by atoms with Crippen LogP contribution in [0.1, 0.15) is 36.1 Å². The van der Waals surface area contributed by atoms with Crippen molar-refractivity contribution in [2.45, 2.75) is 33.0 Å². The van der Waals surface area contributed by atoms with Gasteiger partial charge in [-0.3, -0.25) is 4.79 Å². The molecule has 5 nitrogen and oxygen atoms in total. The van der Waals surface area contributed by atoms with Crippen molar-refractivity contribution in [3.8, 4) is 11.6 Å². The summed E-state index contributed by atoms with van der Waals surface area (Å²) in [7, 11) is 0. The average molecular weight is 501 g/mol. The molecule has 0 spiro atoms. The standard InChI is InChI=1S/C26H20F5N3O2/c1-3-5-16-9-17(27)10-22(28)20(16)13-34-14-33-24(35)19-11-18(6-7-23(19)34)36-25-21(26(29,30)31)8-15(4-2)12-32-25/h3,5-12,14H,4,13H2,1-2H3/b5-3+. The quantitative estimate of drug-likeness (QED) is 0.282. The van der Waals surface area contributed by atoms with Gasteiger partial charge < -0.3 is 9.30 Å². The molecule has 2 aromatic carbocycles. The van der Waals surface area contributed by atoms with Gasteiger partial charge in [-0.1, -0.05) is 19.1 Å². The summed E-state index contributed by atoms with van der Waals surface area (Å²) in [6.07, 6.45) is 1.38. The molecule has 186 valence electrons. The Kier molecular flexibility index (Phi) is 6.87. The molecule has 0 saturated heterocycles. The first kappa shape index (κ1) is 25.0. The van der Waals surface area contributed by atoms with Crippen molar-refractivity contribution >= 4 is 17.0 Å². The molecule has 0 unspecified atom stereocenters. The lowest BCUT2D eigenvalue weighted by molar-refractivity contribution is -0.138. The van der Waals surface area contributed by atoms with Crippen molar-refractivity contribution in [2.24, 2.45) is 0 Å². The fraction of sp³-hybridized carbons (Fsp3) is 0.192. The second-order valence-electron chi connectivity index (χ2n) is 7.96. The second-order valence-corrected chi connectivity index (χ2v) is 7.96. The summed E-state index contributed by atoms with van der Waals surface area (Å²) < 4.78 is 75.9. The Bertz CT molecular complexity index is 1530. The van der Waals surface area contributed by atoms with Gasteiger partial charge >= 0.3 is 6.18 Å². The van der Waals surface area contributed by atoms with Crippen molar-refractivity contribution in [1.29, 1.82) is 0 Å². The molecule has 10 heteroatoms. The Balaban J connectivity index is 1.76. The van der Waals surface area contributed by atoms with Crippen LogP contribution in [0.5, 0.6) is 11.6 Å². The molecular formula is C26H20F5N3O2. The van der Waals surface area contributed by atoms with Gasteiger partial charge in [-0.05, 0) is 54.8 Å². The van der Waals surface area contributed by atoms with Crippen LogP contribution in [0, 0.1) is 11.6 Å². The number of aryl methyl sites for hydroxylation is 1. The molecule has 4 aromatic rings. The zero-order valence-corrected chi connectivity index (χ0v) is 19.2. The molecule has 0 amide bonds. The normalized spacial score (nSPS) is 12.0. The summed E-state index contributed by atoms with van der Waals surface area (Å²) in [4.78, 5) is 20.1. The Labute approximate surface area is 202 Å². The van der Waals surface area contributed by atoms with Gasteiger partial charge in [0, 0.05) is 17.8 Å². The number of hydrogen-bond acceptors (Lipinski definition) is 4. The van der Waals surface area contributed by atoms with E-state index in [0.29, 0.717) is 23.1 Å². The van der Waals surface area contributed by atoms with Gasteiger partial charge in [-0.15, -0.1) is 0 Å². The lowest BCUT2D eigenvalue weighted by Gasteiger charge is -2.15. The number of halogens is 5. The summed E-state index contributed by atoms with van der Waals surface area (Å²) in [5.74, 6) is -2.19. The number of nitrogens with zero attached hydrogens (tertiary/aromatic N) is 3. The molecule has 0 N–H and O–H groups in total. The molecule has 2 heterocycles. The highest BCUT2D eigenvalue weighted by Gasteiger charge is 2.36. The molecule has 0 aliphatic carbocycles. The van der Waals surface area contributed by atoms with Gasteiger partial charge in [0.25, 0.3) is 5.56 Å². The Morgan fingerprint density at radius 1 is 1.08 bits per heavy atom. The summed E-state index contributed by atoms with van der Waals surface area (Å²) in [5, 5.41) is 0.0452. The Hall–Kier alpha value is -4.08. The van der Waals surface area contributed by atoms with Crippen LogP contribution in [0.3, 0.4) is 0 Å². The highest BCUT2D eigenvalue weighted by atomic mass is 19.4. The van der Waals surface area contributed by atoms with Gasteiger partial charge in [-0.25, -0.2) is 13.8 Å². The first-order valence-electron chi connectivity index (χ1n) is 10.9. The maximum absolute atomic E-state index is 14.6. The minimum absolute atomic E-state index is 0.0452. The number of hydrogen-bond donors (Lipinski definition) is 0. The number of alkyl halides is 3. The van der Waals surface area contributed by atoms with Crippen LogP contribution in [-0.2, 0) is 19.1 Å². The molecule has 0 atom stereocenters. The smallest absolute Gasteiger partial charge is 0.421 e. The average Bonchev–Trinajstić information content (AvgIpc) is 2.82. The van der Waals surface area contributed by atoms with E-state index in [1.165, 1.54) is 41.4 Å². The van der Waals surface area contributed by atoms with Crippen LogP contribution in [0.2, 0.25) is 0 Å². The Morgan fingerprint density at radius 3 is 2.56 bits per heavy atom. The maximum Gasteiger partial charge on any atom is 0.421 e. The van der Waals surface area contributed by atoms with Crippen LogP contribution < -0.4 is 10.3 Å². The van der Waals surface area contributed by atoms with Crippen LogP contribution in [-0.4, -0.2) is 14.5 Å². The zero-order valence-electron chi connectivity index (χ0n) is 19.2. The van der Waals surface area contributed by atoms with Crippen molar-refractivity contribution in [2.75, 3.05) is 0 Å². The maximum atomic E-state index is 14.6.